The number of benzene rings is 1. The first-order valence-corrected chi connectivity index (χ1v) is 6.08. The van der Waals surface area contributed by atoms with Crippen LogP contribution in [0, 0.1) is 6.92 Å². The van der Waals surface area contributed by atoms with E-state index in [-0.39, 0.29) is 0 Å². The van der Waals surface area contributed by atoms with E-state index in [1.165, 1.54) is 30.6 Å². The van der Waals surface area contributed by atoms with E-state index in [0.29, 0.717) is 0 Å². The van der Waals surface area contributed by atoms with Crippen LogP contribution >= 0.6 is 0 Å². The Morgan fingerprint density at radius 3 is 2.67 bits per heavy atom. The van der Waals surface area contributed by atoms with Gasteiger partial charge in [0.2, 0.25) is 0 Å². The standard InChI is InChI=1S/C14H21N/c1-4-12-9-14-10-15(5-2)7-6-13(14)8-11(12)3/h8-9H,4-7,10H2,1-3H3. The predicted molar refractivity (Wildman–Crippen MR) is 65.2 cm³/mol. The van der Waals surface area contributed by atoms with Crippen molar-refractivity contribution in [1.82, 2.24) is 4.90 Å². The van der Waals surface area contributed by atoms with Gasteiger partial charge >= 0.3 is 0 Å². The summed E-state index contributed by atoms with van der Waals surface area (Å²) in [6, 6.07) is 4.83. The lowest BCUT2D eigenvalue weighted by Gasteiger charge is -2.28. The fourth-order valence-electron chi connectivity index (χ4n) is 2.49. The quantitative estimate of drug-likeness (QED) is 0.714. The van der Waals surface area contributed by atoms with Crippen LogP contribution in [0.2, 0.25) is 0 Å². The van der Waals surface area contributed by atoms with Gasteiger partial charge in [0, 0.05) is 13.1 Å². The van der Waals surface area contributed by atoms with Crippen molar-refractivity contribution in [2.24, 2.45) is 0 Å². The zero-order chi connectivity index (χ0) is 10.8. The van der Waals surface area contributed by atoms with Gasteiger partial charge in [-0.3, -0.25) is 4.90 Å². The van der Waals surface area contributed by atoms with Crippen molar-refractivity contribution in [3.8, 4) is 0 Å². The minimum absolute atomic E-state index is 1.15. The molecule has 1 nitrogen and oxygen atoms in total. The SMILES string of the molecule is CCc1cc2c(cc1C)CCN(CC)C2. The Labute approximate surface area is 93.1 Å². The second-order valence-electron chi connectivity index (χ2n) is 4.52. The van der Waals surface area contributed by atoms with E-state index in [1.807, 2.05) is 0 Å². The average Bonchev–Trinajstić information content (AvgIpc) is 2.27. The molecule has 0 amide bonds. The summed E-state index contributed by atoms with van der Waals surface area (Å²) < 4.78 is 0. The number of aryl methyl sites for hydroxylation is 2. The molecule has 0 fully saturated rings. The fourth-order valence-corrected chi connectivity index (χ4v) is 2.49. The molecule has 0 spiro atoms. The largest absolute Gasteiger partial charge is 0.299 e. The molecule has 1 heterocycles. The average molecular weight is 203 g/mol. The molecule has 0 atom stereocenters. The lowest BCUT2D eigenvalue weighted by molar-refractivity contribution is 0.268. The molecule has 0 radical (unpaired) electrons. The number of fused-ring (bicyclic) bond motifs is 1. The fraction of sp³-hybridized carbons (Fsp3) is 0.571. The van der Waals surface area contributed by atoms with Gasteiger partial charge in [-0.15, -0.1) is 0 Å². The normalized spacial score (nSPS) is 16.5. The van der Waals surface area contributed by atoms with Gasteiger partial charge in [-0.1, -0.05) is 26.0 Å². The summed E-state index contributed by atoms with van der Waals surface area (Å²) in [6.07, 6.45) is 2.39. The Morgan fingerprint density at radius 1 is 1.20 bits per heavy atom. The van der Waals surface area contributed by atoms with Crippen LogP contribution in [0.15, 0.2) is 12.1 Å². The summed E-state index contributed by atoms with van der Waals surface area (Å²) in [6.45, 7) is 10.3. The summed E-state index contributed by atoms with van der Waals surface area (Å²) in [5.41, 5.74) is 6.13. The zero-order valence-corrected chi connectivity index (χ0v) is 10.1. The molecule has 1 aliphatic rings. The maximum absolute atomic E-state index is 2.52. The molecule has 82 valence electrons. The molecule has 1 heteroatoms. The van der Waals surface area contributed by atoms with Gasteiger partial charge in [0.1, 0.15) is 0 Å². The molecular formula is C14H21N. The van der Waals surface area contributed by atoms with Gasteiger partial charge in [-0.2, -0.15) is 0 Å². The van der Waals surface area contributed by atoms with Gasteiger partial charge in [0.15, 0.2) is 0 Å². The molecule has 0 aliphatic carbocycles. The van der Waals surface area contributed by atoms with Crippen LogP contribution in [0.25, 0.3) is 0 Å². The second-order valence-corrected chi connectivity index (χ2v) is 4.52. The summed E-state index contributed by atoms with van der Waals surface area (Å²) in [7, 11) is 0. The van der Waals surface area contributed by atoms with E-state index in [9.17, 15) is 0 Å². The molecule has 1 aromatic rings. The molecule has 0 N–H and O–H groups in total. The van der Waals surface area contributed by atoms with Crippen LogP contribution in [0.1, 0.15) is 36.1 Å². The van der Waals surface area contributed by atoms with Gasteiger partial charge in [-0.25, -0.2) is 0 Å². The number of rotatable bonds is 2. The summed E-state index contributed by atoms with van der Waals surface area (Å²) >= 11 is 0. The summed E-state index contributed by atoms with van der Waals surface area (Å²) in [5, 5.41) is 0. The van der Waals surface area contributed by atoms with Gasteiger partial charge in [0.25, 0.3) is 0 Å². The van der Waals surface area contributed by atoms with E-state index >= 15 is 0 Å². The van der Waals surface area contributed by atoms with E-state index < -0.39 is 0 Å². The van der Waals surface area contributed by atoms with E-state index in [2.05, 4.69) is 37.8 Å². The highest BCUT2D eigenvalue weighted by Crippen LogP contribution is 2.23. The maximum atomic E-state index is 2.52. The molecule has 0 saturated carbocycles. The smallest absolute Gasteiger partial charge is 0.0236 e. The maximum Gasteiger partial charge on any atom is 0.0236 e. The Balaban J connectivity index is 2.33. The molecular weight excluding hydrogens is 182 g/mol. The van der Waals surface area contributed by atoms with Crippen molar-refractivity contribution < 1.29 is 0 Å². The van der Waals surface area contributed by atoms with Crippen molar-refractivity contribution in [3.05, 3.63) is 34.4 Å². The third kappa shape index (κ3) is 2.07. The molecule has 2 rings (SSSR count). The first-order valence-electron chi connectivity index (χ1n) is 6.08. The topological polar surface area (TPSA) is 3.24 Å². The minimum Gasteiger partial charge on any atom is -0.299 e. The van der Waals surface area contributed by atoms with Crippen molar-refractivity contribution in [2.45, 2.75) is 40.2 Å². The van der Waals surface area contributed by atoms with Crippen molar-refractivity contribution in [3.63, 3.8) is 0 Å². The van der Waals surface area contributed by atoms with E-state index in [0.717, 1.165) is 13.0 Å². The Hall–Kier alpha value is -0.820. The van der Waals surface area contributed by atoms with E-state index in [1.54, 1.807) is 11.1 Å². The predicted octanol–water partition coefficient (Wildman–Crippen LogP) is 2.94. The Morgan fingerprint density at radius 2 is 2.00 bits per heavy atom. The van der Waals surface area contributed by atoms with Crippen molar-refractivity contribution >= 4 is 0 Å². The first-order chi connectivity index (χ1) is 7.24. The minimum atomic E-state index is 1.15. The third-order valence-electron chi connectivity index (χ3n) is 3.58. The number of nitrogens with zero attached hydrogens (tertiary/aromatic N) is 1. The third-order valence-corrected chi connectivity index (χ3v) is 3.58. The Kier molecular flexibility index (Phi) is 3.11. The van der Waals surface area contributed by atoms with Gasteiger partial charge in [-0.05, 0) is 48.6 Å². The van der Waals surface area contributed by atoms with Crippen LogP contribution in [-0.2, 0) is 19.4 Å². The molecule has 0 aromatic heterocycles. The number of likely N-dealkylation sites (N-methyl/N-ethyl adjacent to an activating group) is 1. The highest BCUT2D eigenvalue weighted by atomic mass is 15.1. The van der Waals surface area contributed by atoms with Crippen molar-refractivity contribution in [2.75, 3.05) is 13.1 Å². The molecule has 0 bridgehead atoms. The van der Waals surface area contributed by atoms with Crippen molar-refractivity contribution in [1.29, 1.82) is 0 Å². The van der Waals surface area contributed by atoms with Crippen LogP contribution in [0.5, 0.6) is 0 Å². The lowest BCUT2D eigenvalue weighted by Crippen LogP contribution is -2.30. The number of hydrogen-bond donors (Lipinski definition) is 0. The highest BCUT2D eigenvalue weighted by molar-refractivity contribution is 5.39. The first kappa shape index (κ1) is 10.7. The van der Waals surface area contributed by atoms with Crippen LogP contribution < -0.4 is 0 Å². The molecule has 15 heavy (non-hydrogen) atoms. The molecule has 0 unspecified atom stereocenters. The molecule has 1 aromatic carbocycles. The highest BCUT2D eigenvalue weighted by Gasteiger charge is 2.15. The Bertz CT molecular complexity index is 355. The number of hydrogen-bond acceptors (Lipinski definition) is 1. The monoisotopic (exact) mass is 203 g/mol. The van der Waals surface area contributed by atoms with Crippen LogP contribution in [0.4, 0.5) is 0 Å². The van der Waals surface area contributed by atoms with E-state index in [4.69, 9.17) is 0 Å². The molecule has 1 aliphatic heterocycles. The second kappa shape index (κ2) is 4.36. The summed E-state index contributed by atoms with van der Waals surface area (Å²) in [4.78, 5) is 2.52. The molecule has 0 saturated heterocycles. The van der Waals surface area contributed by atoms with Gasteiger partial charge < -0.3 is 0 Å². The van der Waals surface area contributed by atoms with Crippen LogP contribution in [0.3, 0.4) is 0 Å². The zero-order valence-electron chi connectivity index (χ0n) is 10.1. The van der Waals surface area contributed by atoms with Crippen LogP contribution in [-0.4, -0.2) is 18.0 Å². The van der Waals surface area contributed by atoms with Gasteiger partial charge in [0.05, 0.1) is 0 Å². The summed E-state index contributed by atoms with van der Waals surface area (Å²) in [5.74, 6) is 0. The lowest BCUT2D eigenvalue weighted by atomic mass is 9.93.